The van der Waals surface area contributed by atoms with Crippen LogP contribution < -0.4 is 10.9 Å². The maximum atomic E-state index is 11.7. The Hall–Kier alpha value is -2.27. The van der Waals surface area contributed by atoms with Gasteiger partial charge in [0.1, 0.15) is 0 Å². The molecule has 0 aliphatic rings. The van der Waals surface area contributed by atoms with Crippen molar-refractivity contribution in [2.24, 2.45) is 0 Å². The topological polar surface area (TPSA) is 58.2 Å². The van der Waals surface area contributed by atoms with E-state index in [9.17, 15) is 9.59 Å². The van der Waals surface area contributed by atoms with Crippen molar-refractivity contribution in [1.29, 1.82) is 0 Å². The van der Waals surface area contributed by atoms with E-state index in [1.807, 2.05) is 60.7 Å². The molecule has 0 saturated carbocycles. The quantitative estimate of drug-likeness (QED) is 0.657. The summed E-state index contributed by atoms with van der Waals surface area (Å²) >= 11 is 1.42. The Morgan fingerprint density at radius 1 is 0.810 bits per heavy atom. The summed E-state index contributed by atoms with van der Waals surface area (Å²) in [6.45, 7) is 0. The summed E-state index contributed by atoms with van der Waals surface area (Å²) in [4.78, 5) is 24.3. The van der Waals surface area contributed by atoms with Crippen molar-refractivity contribution in [1.82, 2.24) is 10.9 Å². The van der Waals surface area contributed by atoms with Crippen molar-refractivity contribution in [2.75, 3.05) is 5.75 Å². The van der Waals surface area contributed by atoms with Crippen LogP contribution in [0.15, 0.2) is 65.6 Å². The van der Waals surface area contributed by atoms with Gasteiger partial charge in [-0.15, -0.1) is 11.8 Å². The summed E-state index contributed by atoms with van der Waals surface area (Å²) < 4.78 is 0. The highest BCUT2D eigenvalue weighted by Crippen LogP contribution is 2.15. The molecule has 0 atom stereocenters. The predicted octanol–water partition coefficient (Wildman–Crippen LogP) is 2.17. The second-order valence-electron chi connectivity index (χ2n) is 4.36. The average Bonchev–Trinajstić information content (AvgIpc) is 2.53. The molecule has 2 aromatic carbocycles. The fourth-order valence-electron chi connectivity index (χ4n) is 1.67. The van der Waals surface area contributed by atoms with Crippen molar-refractivity contribution in [2.45, 2.75) is 11.3 Å². The average molecular weight is 300 g/mol. The van der Waals surface area contributed by atoms with Crippen LogP contribution in [0.25, 0.3) is 0 Å². The molecule has 5 heteroatoms. The smallest absolute Gasteiger partial charge is 0.248 e. The minimum Gasteiger partial charge on any atom is -0.273 e. The second-order valence-corrected chi connectivity index (χ2v) is 5.41. The monoisotopic (exact) mass is 300 g/mol. The van der Waals surface area contributed by atoms with Crippen molar-refractivity contribution in [3.8, 4) is 0 Å². The Kier molecular flexibility index (Phi) is 5.84. The van der Waals surface area contributed by atoms with E-state index in [-0.39, 0.29) is 24.0 Å². The third-order valence-electron chi connectivity index (χ3n) is 2.66. The molecule has 0 bridgehead atoms. The number of nitrogens with one attached hydrogen (secondary N) is 2. The second kappa shape index (κ2) is 8.11. The van der Waals surface area contributed by atoms with Crippen LogP contribution in [0.3, 0.4) is 0 Å². The molecule has 4 nitrogen and oxygen atoms in total. The largest absolute Gasteiger partial charge is 0.273 e. The van der Waals surface area contributed by atoms with Crippen LogP contribution >= 0.6 is 11.8 Å². The van der Waals surface area contributed by atoms with Gasteiger partial charge in [-0.05, 0) is 17.7 Å². The molecule has 0 unspecified atom stereocenters. The normalized spacial score (nSPS) is 9.90. The van der Waals surface area contributed by atoms with Gasteiger partial charge in [-0.2, -0.15) is 0 Å². The van der Waals surface area contributed by atoms with Crippen LogP contribution in [-0.2, 0) is 16.0 Å². The summed E-state index contributed by atoms with van der Waals surface area (Å²) in [5, 5.41) is 0. The van der Waals surface area contributed by atoms with Crippen LogP contribution in [0.1, 0.15) is 5.56 Å². The zero-order chi connectivity index (χ0) is 14.9. The van der Waals surface area contributed by atoms with Crippen molar-refractivity contribution < 1.29 is 9.59 Å². The van der Waals surface area contributed by atoms with E-state index in [0.717, 1.165) is 10.5 Å². The first kappa shape index (κ1) is 15.1. The lowest BCUT2D eigenvalue weighted by Crippen LogP contribution is -2.43. The number of thioether (sulfide) groups is 1. The molecule has 2 rings (SSSR count). The number of carbonyl (C=O) groups is 2. The number of hydrazine groups is 1. The maximum Gasteiger partial charge on any atom is 0.248 e. The minimum atomic E-state index is -0.237. The molecule has 0 aliphatic heterocycles. The summed E-state index contributed by atoms with van der Waals surface area (Å²) in [6.07, 6.45) is 0.243. The van der Waals surface area contributed by atoms with Crippen molar-refractivity contribution in [3.63, 3.8) is 0 Å². The van der Waals surface area contributed by atoms with Gasteiger partial charge in [0.25, 0.3) is 0 Å². The lowest BCUT2D eigenvalue weighted by atomic mass is 10.1. The molecule has 108 valence electrons. The van der Waals surface area contributed by atoms with Gasteiger partial charge >= 0.3 is 0 Å². The fourth-order valence-corrected chi connectivity index (χ4v) is 2.39. The zero-order valence-electron chi connectivity index (χ0n) is 11.4. The molecule has 0 heterocycles. The van der Waals surface area contributed by atoms with E-state index in [1.54, 1.807) is 0 Å². The summed E-state index contributed by atoms with van der Waals surface area (Å²) in [7, 11) is 0. The highest BCUT2D eigenvalue weighted by atomic mass is 32.2. The molecule has 0 saturated heterocycles. The van der Waals surface area contributed by atoms with Crippen LogP contribution in [0.4, 0.5) is 0 Å². The maximum absolute atomic E-state index is 11.7. The summed E-state index contributed by atoms with van der Waals surface area (Å²) in [5.74, 6) is -0.208. The Morgan fingerprint density at radius 3 is 2.05 bits per heavy atom. The Labute approximate surface area is 127 Å². The molecule has 0 aliphatic carbocycles. The first-order chi connectivity index (χ1) is 10.2. The number of hydrogen-bond acceptors (Lipinski definition) is 3. The molecule has 0 fully saturated rings. The molecule has 21 heavy (non-hydrogen) atoms. The fraction of sp³-hybridized carbons (Fsp3) is 0.125. The molecule has 2 aromatic rings. The van der Waals surface area contributed by atoms with E-state index in [0.29, 0.717) is 0 Å². The first-order valence-corrected chi connectivity index (χ1v) is 7.52. The van der Waals surface area contributed by atoms with E-state index >= 15 is 0 Å². The molecular weight excluding hydrogens is 284 g/mol. The van der Waals surface area contributed by atoms with Gasteiger partial charge < -0.3 is 0 Å². The van der Waals surface area contributed by atoms with Gasteiger partial charge in [0, 0.05) is 4.90 Å². The Balaban J connectivity index is 1.68. The highest BCUT2D eigenvalue weighted by Gasteiger charge is 2.06. The van der Waals surface area contributed by atoms with E-state index in [2.05, 4.69) is 10.9 Å². The van der Waals surface area contributed by atoms with Gasteiger partial charge in [-0.25, -0.2) is 0 Å². The van der Waals surface area contributed by atoms with Gasteiger partial charge in [-0.1, -0.05) is 48.5 Å². The number of rotatable bonds is 5. The van der Waals surface area contributed by atoms with E-state index < -0.39 is 0 Å². The number of hydrogen-bond donors (Lipinski definition) is 2. The van der Waals surface area contributed by atoms with Crippen LogP contribution in [0.5, 0.6) is 0 Å². The Morgan fingerprint density at radius 2 is 1.38 bits per heavy atom. The van der Waals surface area contributed by atoms with Crippen LogP contribution in [-0.4, -0.2) is 17.6 Å². The molecule has 2 N–H and O–H groups in total. The standard InChI is InChI=1S/C16H16N2O2S/c19-15(11-13-7-3-1-4-8-13)17-18-16(20)12-21-14-9-5-2-6-10-14/h1-10H,11-12H2,(H,17,19)(H,18,20). The van der Waals surface area contributed by atoms with E-state index in [4.69, 9.17) is 0 Å². The Bertz CT molecular complexity index is 588. The summed E-state index contributed by atoms with van der Waals surface area (Å²) in [5.41, 5.74) is 5.73. The number of benzene rings is 2. The number of amides is 2. The van der Waals surface area contributed by atoms with E-state index in [1.165, 1.54) is 11.8 Å². The third kappa shape index (κ3) is 5.71. The number of carbonyl (C=O) groups excluding carboxylic acids is 2. The highest BCUT2D eigenvalue weighted by molar-refractivity contribution is 8.00. The third-order valence-corrected chi connectivity index (χ3v) is 3.67. The first-order valence-electron chi connectivity index (χ1n) is 6.53. The van der Waals surface area contributed by atoms with Crippen LogP contribution in [0, 0.1) is 0 Å². The molecule has 2 amide bonds. The van der Waals surface area contributed by atoms with Gasteiger partial charge in [-0.3, -0.25) is 20.4 Å². The SMILES string of the molecule is O=C(CSc1ccccc1)NNC(=O)Cc1ccccc1. The molecule has 0 spiro atoms. The lowest BCUT2D eigenvalue weighted by molar-refractivity contribution is -0.127. The molecule has 0 aromatic heterocycles. The summed E-state index contributed by atoms with van der Waals surface area (Å²) in [6, 6.07) is 19.0. The van der Waals surface area contributed by atoms with Crippen LogP contribution in [0.2, 0.25) is 0 Å². The van der Waals surface area contributed by atoms with Crippen molar-refractivity contribution >= 4 is 23.6 Å². The van der Waals surface area contributed by atoms with Gasteiger partial charge in [0.2, 0.25) is 11.8 Å². The zero-order valence-corrected chi connectivity index (χ0v) is 12.2. The van der Waals surface area contributed by atoms with Crippen molar-refractivity contribution in [3.05, 3.63) is 66.2 Å². The predicted molar refractivity (Wildman–Crippen MR) is 83.6 cm³/mol. The van der Waals surface area contributed by atoms with Gasteiger partial charge in [0.15, 0.2) is 0 Å². The molecular formula is C16H16N2O2S. The molecule has 0 radical (unpaired) electrons. The minimum absolute atomic E-state index is 0.231. The van der Waals surface area contributed by atoms with Gasteiger partial charge in [0.05, 0.1) is 12.2 Å². The lowest BCUT2D eigenvalue weighted by Gasteiger charge is -2.07.